The fourth-order valence-corrected chi connectivity index (χ4v) is 3.62. The van der Waals surface area contributed by atoms with Crippen molar-refractivity contribution in [3.8, 4) is 5.75 Å². The van der Waals surface area contributed by atoms with Gasteiger partial charge in [0.25, 0.3) is 5.91 Å². The van der Waals surface area contributed by atoms with Crippen LogP contribution in [0.4, 0.5) is 0 Å². The molecular weight excluding hydrogens is 350 g/mol. The lowest BCUT2D eigenvalue weighted by molar-refractivity contribution is -0.122. The van der Waals surface area contributed by atoms with Gasteiger partial charge in [0.1, 0.15) is 16.7 Å². The van der Waals surface area contributed by atoms with Gasteiger partial charge in [0.05, 0.1) is 11.4 Å². The first kappa shape index (κ1) is 17.5. The van der Waals surface area contributed by atoms with Gasteiger partial charge in [-0.15, -0.1) is 0 Å². The fourth-order valence-electron chi connectivity index (χ4n) is 2.37. The van der Waals surface area contributed by atoms with Crippen molar-refractivity contribution in [3.63, 3.8) is 0 Å². The standard InChI is InChI=1S/C20H17NO2S2/c1-2-12-23-17-10-8-15(9-11-17)13-18-19(22)21(20(24)25-18)14-16-6-4-3-5-7-16/h2-11,13H,1,12,14H2/b18-13-. The normalized spacial score (nSPS) is 15.7. The summed E-state index contributed by atoms with van der Waals surface area (Å²) >= 11 is 6.71. The van der Waals surface area contributed by atoms with Crippen molar-refractivity contribution in [3.05, 3.63) is 83.3 Å². The monoisotopic (exact) mass is 367 g/mol. The second-order valence-corrected chi connectivity index (χ2v) is 7.10. The van der Waals surface area contributed by atoms with Crippen LogP contribution in [0.5, 0.6) is 5.75 Å². The first-order valence-corrected chi connectivity index (χ1v) is 9.03. The highest BCUT2D eigenvalue weighted by Crippen LogP contribution is 2.33. The Morgan fingerprint density at radius 3 is 2.52 bits per heavy atom. The van der Waals surface area contributed by atoms with Crippen LogP contribution in [0.15, 0.2) is 72.2 Å². The maximum absolute atomic E-state index is 12.6. The van der Waals surface area contributed by atoms with E-state index in [0.717, 1.165) is 16.9 Å². The minimum atomic E-state index is -0.0502. The van der Waals surface area contributed by atoms with Crippen LogP contribution < -0.4 is 4.74 Å². The summed E-state index contributed by atoms with van der Waals surface area (Å²) in [7, 11) is 0. The molecule has 3 nitrogen and oxygen atoms in total. The van der Waals surface area contributed by atoms with E-state index < -0.39 is 0 Å². The molecule has 1 saturated heterocycles. The van der Waals surface area contributed by atoms with Crippen molar-refractivity contribution in [1.82, 2.24) is 4.90 Å². The molecule has 0 saturated carbocycles. The van der Waals surface area contributed by atoms with Crippen molar-refractivity contribution in [1.29, 1.82) is 0 Å². The van der Waals surface area contributed by atoms with Gasteiger partial charge in [-0.3, -0.25) is 9.69 Å². The molecular formula is C20H17NO2S2. The zero-order valence-electron chi connectivity index (χ0n) is 13.6. The van der Waals surface area contributed by atoms with Crippen molar-refractivity contribution in [2.24, 2.45) is 0 Å². The van der Waals surface area contributed by atoms with Crippen LogP contribution in [0.1, 0.15) is 11.1 Å². The second-order valence-electron chi connectivity index (χ2n) is 5.42. The molecule has 0 aliphatic carbocycles. The molecule has 2 aromatic carbocycles. The second kappa shape index (κ2) is 8.14. The number of rotatable bonds is 6. The van der Waals surface area contributed by atoms with Gasteiger partial charge in [0, 0.05) is 0 Å². The van der Waals surface area contributed by atoms with Gasteiger partial charge in [-0.1, -0.05) is 79.1 Å². The number of carbonyl (C=O) groups is 1. The van der Waals surface area contributed by atoms with E-state index in [2.05, 4.69) is 6.58 Å². The summed E-state index contributed by atoms with van der Waals surface area (Å²) in [5, 5.41) is 0. The van der Waals surface area contributed by atoms with Gasteiger partial charge in [0.2, 0.25) is 0 Å². The quantitative estimate of drug-likeness (QED) is 0.422. The molecule has 126 valence electrons. The lowest BCUT2D eigenvalue weighted by Crippen LogP contribution is -2.27. The third-order valence-corrected chi connectivity index (χ3v) is 4.98. The molecule has 0 aromatic heterocycles. The average Bonchev–Trinajstić information content (AvgIpc) is 2.89. The van der Waals surface area contributed by atoms with Gasteiger partial charge < -0.3 is 4.74 Å². The summed E-state index contributed by atoms with van der Waals surface area (Å²) in [5.74, 6) is 0.722. The first-order valence-electron chi connectivity index (χ1n) is 7.80. The number of hydrogen-bond donors (Lipinski definition) is 0. The van der Waals surface area contributed by atoms with Gasteiger partial charge in [-0.25, -0.2) is 0 Å². The molecule has 0 bridgehead atoms. The highest BCUT2D eigenvalue weighted by molar-refractivity contribution is 8.26. The van der Waals surface area contributed by atoms with E-state index in [1.807, 2.05) is 60.7 Å². The van der Waals surface area contributed by atoms with E-state index in [9.17, 15) is 4.79 Å². The lowest BCUT2D eigenvalue weighted by Gasteiger charge is -2.14. The van der Waals surface area contributed by atoms with E-state index in [0.29, 0.717) is 22.4 Å². The van der Waals surface area contributed by atoms with Crippen LogP contribution in [0, 0.1) is 0 Å². The van der Waals surface area contributed by atoms with Gasteiger partial charge in [-0.05, 0) is 29.3 Å². The molecule has 1 amide bonds. The van der Waals surface area contributed by atoms with Crippen molar-refractivity contribution in [2.75, 3.05) is 6.61 Å². The summed E-state index contributed by atoms with van der Waals surface area (Å²) in [5.41, 5.74) is 2.00. The summed E-state index contributed by atoms with van der Waals surface area (Å²) < 4.78 is 6.05. The number of amides is 1. The first-order chi connectivity index (χ1) is 12.2. The van der Waals surface area contributed by atoms with Gasteiger partial charge >= 0.3 is 0 Å². The number of thiocarbonyl (C=S) groups is 1. The topological polar surface area (TPSA) is 29.5 Å². The lowest BCUT2D eigenvalue weighted by atomic mass is 10.2. The van der Waals surface area contributed by atoms with E-state index >= 15 is 0 Å². The van der Waals surface area contributed by atoms with Crippen LogP contribution in [-0.4, -0.2) is 21.7 Å². The maximum atomic E-state index is 12.6. The Morgan fingerprint density at radius 2 is 1.84 bits per heavy atom. The molecule has 3 rings (SSSR count). The van der Waals surface area contributed by atoms with Crippen LogP contribution in [0.25, 0.3) is 6.08 Å². The number of ether oxygens (including phenoxy) is 1. The predicted molar refractivity (Wildman–Crippen MR) is 107 cm³/mol. The average molecular weight is 367 g/mol. The van der Waals surface area contributed by atoms with Crippen molar-refractivity contribution >= 4 is 40.3 Å². The molecule has 1 aliphatic rings. The van der Waals surface area contributed by atoms with E-state index in [-0.39, 0.29) is 5.91 Å². The van der Waals surface area contributed by atoms with E-state index in [4.69, 9.17) is 17.0 Å². The molecule has 1 aliphatic heterocycles. The summed E-state index contributed by atoms with van der Waals surface area (Å²) in [6, 6.07) is 17.4. The predicted octanol–water partition coefficient (Wildman–Crippen LogP) is 4.65. The third kappa shape index (κ3) is 4.38. The van der Waals surface area contributed by atoms with Gasteiger partial charge in [-0.2, -0.15) is 0 Å². The Morgan fingerprint density at radius 1 is 1.12 bits per heavy atom. The largest absolute Gasteiger partial charge is 0.490 e. The van der Waals surface area contributed by atoms with E-state index in [1.54, 1.807) is 11.0 Å². The maximum Gasteiger partial charge on any atom is 0.266 e. The number of carbonyl (C=O) groups excluding carboxylic acids is 1. The molecule has 1 heterocycles. The zero-order chi connectivity index (χ0) is 17.6. The molecule has 0 N–H and O–H groups in total. The minimum Gasteiger partial charge on any atom is -0.490 e. The van der Waals surface area contributed by atoms with Crippen LogP contribution in [0.3, 0.4) is 0 Å². The SMILES string of the molecule is C=CCOc1ccc(/C=C2\SC(=S)N(Cc3ccccc3)C2=O)cc1. The Hall–Kier alpha value is -2.37. The highest BCUT2D eigenvalue weighted by Gasteiger charge is 2.31. The number of hydrogen-bond acceptors (Lipinski definition) is 4. The van der Waals surface area contributed by atoms with Crippen LogP contribution in [0.2, 0.25) is 0 Å². The molecule has 2 aromatic rings. The molecule has 5 heteroatoms. The van der Waals surface area contributed by atoms with E-state index in [1.165, 1.54) is 11.8 Å². The van der Waals surface area contributed by atoms with Crippen molar-refractivity contribution < 1.29 is 9.53 Å². The fraction of sp³-hybridized carbons (Fsp3) is 0.100. The zero-order valence-corrected chi connectivity index (χ0v) is 15.2. The molecule has 0 spiro atoms. The molecule has 1 fully saturated rings. The van der Waals surface area contributed by atoms with Crippen LogP contribution in [-0.2, 0) is 11.3 Å². The Labute approximate surface area is 157 Å². The Bertz CT molecular complexity index is 813. The third-order valence-electron chi connectivity index (χ3n) is 3.60. The molecule has 0 unspecified atom stereocenters. The molecule has 25 heavy (non-hydrogen) atoms. The Balaban J connectivity index is 1.72. The number of thioether (sulfide) groups is 1. The molecule has 0 radical (unpaired) electrons. The minimum absolute atomic E-state index is 0.0502. The summed E-state index contributed by atoms with van der Waals surface area (Å²) in [4.78, 5) is 14.9. The Kier molecular flexibility index (Phi) is 5.68. The summed E-state index contributed by atoms with van der Waals surface area (Å²) in [6.45, 7) is 4.59. The highest BCUT2D eigenvalue weighted by atomic mass is 32.2. The molecule has 0 atom stereocenters. The summed E-state index contributed by atoms with van der Waals surface area (Å²) in [6.07, 6.45) is 3.56. The number of benzene rings is 2. The van der Waals surface area contributed by atoms with Gasteiger partial charge in [0.15, 0.2) is 0 Å². The van der Waals surface area contributed by atoms with Crippen molar-refractivity contribution in [2.45, 2.75) is 6.54 Å². The van der Waals surface area contributed by atoms with Crippen LogP contribution >= 0.6 is 24.0 Å². The smallest absolute Gasteiger partial charge is 0.266 e. The number of nitrogens with zero attached hydrogens (tertiary/aromatic N) is 1.